The predicted molar refractivity (Wildman–Crippen MR) is 90.9 cm³/mol. The fourth-order valence-electron chi connectivity index (χ4n) is 2.35. The van der Waals surface area contributed by atoms with Gasteiger partial charge in [-0.15, -0.1) is 0 Å². The number of methoxy groups -OCH3 is 1. The number of fused-ring (bicyclic) bond motifs is 1. The van der Waals surface area contributed by atoms with Crippen LogP contribution in [0.5, 0.6) is 17.2 Å². The lowest BCUT2D eigenvalue weighted by atomic mass is 10.1. The monoisotopic (exact) mass is 342 g/mol. The van der Waals surface area contributed by atoms with Crippen molar-refractivity contribution in [2.24, 2.45) is 0 Å². The first kappa shape index (κ1) is 16.6. The molecule has 2 amide bonds. The molecule has 0 bridgehead atoms. The van der Waals surface area contributed by atoms with Gasteiger partial charge in [0.05, 0.1) is 20.1 Å². The highest BCUT2D eigenvalue weighted by Crippen LogP contribution is 2.34. The molecule has 1 aliphatic heterocycles. The van der Waals surface area contributed by atoms with Crippen LogP contribution in [0.1, 0.15) is 5.56 Å². The number of rotatable bonds is 6. The first-order valence-electron chi connectivity index (χ1n) is 7.73. The number of ether oxygens (including phenoxy) is 3. The molecule has 0 saturated heterocycles. The Morgan fingerprint density at radius 2 is 1.80 bits per heavy atom. The van der Waals surface area contributed by atoms with Crippen molar-refractivity contribution in [3.8, 4) is 17.2 Å². The minimum atomic E-state index is -0.318. The zero-order chi connectivity index (χ0) is 17.6. The van der Waals surface area contributed by atoms with Crippen molar-refractivity contribution in [3.05, 3.63) is 48.0 Å². The molecular formula is C18H18N2O5. The highest BCUT2D eigenvalue weighted by atomic mass is 16.7. The summed E-state index contributed by atoms with van der Waals surface area (Å²) in [6, 6.07) is 12.3. The van der Waals surface area contributed by atoms with E-state index in [1.165, 1.54) is 0 Å². The molecule has 2 aromatic carbocycles. The summed E-state index contributed by atoms with van der Waals surface area (Å²) in [6.45, 7) is 0.0670. The highest BCUT2D eigenvalue weighted by Gasteiger charge is 2.14. The second-order valence-corrected chi connectivity index (χ2v) is 5.42. The fourth-order valence-corrected chi connectivity index (χ4v) is 2.35. The summed E-state index contributed by atoms with van der Waals surface area (Å²) in [7, 11) is 1.58. The Morgan fingerprint density at radius 3 is 2.56 bits per heavy atom. The van der Waals surface area contributed by atoms with E-state index >= 15 is 0 Å². The predicted octanol–water partition coefficient (Wildman–Crippen LogP) is 1.72. The first-order chi connectivity index (χ1) is 12.1. The highest BCUT2D eigenvalue weighted by molar-refractivity contribution is 5.95. The average molecular weight is 342 g/mol. The van der Waals surface area contributed by atoms with Gasteiger partial charge in [-0.3, -0.25) is 9.59 Å². The van der Waals surface area contributed by atoms with E-state index in [-0.39, 0.29) is 31.6 Å². The Balaban J connectivity index is 1.45. The molecule has 25 heavy (non-hydrogen) atoms. The van der Waals surface area contributed by atoms with Gasteiger partial charge in [-0.05, 0) is 29.8 Å². The topological polar surface area (TPSA) is 85.9 Å². The van der Waals surface area contributed by atoms with Gasteiger partial charge in [-0.1, -0.05) is 12.1 Å². The average Bonchev–Trinajstić information content (AvgIpc) is 3.08. The van der Waals surface area contributed by atoms with Crippen molar-refractivity contribution >= 4 is 17.5 Å². The summed E-state index contributed by atoms with van der Waals surface area (Å²) < 4.78 is 15.5. The normalized spacial score (nSPS) is 11.7. The van der Waals surface area contributed by atoms with E-state index in [9.17, 15) is 9.59 Å². The third-order valence-electron chi connectivity index (χ3n) is 3.63. The molecule has 0 radical (unpaired) electrons. The van der Waals surface area contributed by atoms with Gasteiger partial charge in [0.2, 0.25) is 18.6 Å². The molecule has 0 aromatic heterocycles. The Hall–Kier alpha value is -3.22. The van der Waals surface area contributed by atoms with Gasteiger partial charge >= 0.3 is 0 Å². The van der Waals surface area contributed by atoms with Crippen LogP contribution < -0.4 is 24.8 Å². The van der Waals surface area contributed by atoms with E-state index in [0.717, 1.165) is 11.3 Å². The Kier molecular flexibility index (Phi) is 5.03. The lowest BCUT2D eigenvalue weighted by Crippen LogP contribution is -2.33. The summed E-state index contributed by atoms with van der Waals surface area (Å²) in [5.74, 6) is 1.41. The van der Waals surface area contributed by atoms with Gasteiger partial charge < -0.3 is 24.8 Å². The molecule has 130 valence electrons. The maximum atomic E-state index is 11.9. The van der Waals surface area contributed by atoms with Crippen molar-refractivity contribution in [3.63, 3.8) is 0 Å². The van der Waals surface area contributed by atoms with E-state index in [2.05, 4.69) is 10.6 Å². The van der Waals surface area contributed by atoms with Crippen LogP contribution in [0.4, 0.5) is 5.69 Å². The maximum Gasteiger partial charge on any atom is 0.243 e. The van der Waals surface area contributed by atoms with Gasteiger partial charge in [0.1, 0.15) is 5.75 Å². The summed E-state index contributed by atoms with van der Waals surface area (Å²) in [4.78, 5) is 23.9. The van der Waals surface area contributed by atoms with Gasteiger partial charge in [0.15, 0.2) is 11.5 Å². The summed E-state index contributed by atoms with van der Waals surface area (Å²) >= 11 is 0. The second-order valence-electron chi connectivity index (χ2n) is 5.42. The van der Waals surface area contributed by atoms with Crippen LogP contribution in [-0.4, -0.2) is 32.3 Å². The quantitative estimate of drug-likeness (QED) is 0.835. The van der Waals surface area contributed by atoms with Crippen LogP contribution in [0.2, 0.25) is 0 Å². The van der Waals surface area contributed by atoms with Gasteiger partial charge in [0, 0.05) is 11.8 Å². The molecule has 0 aliphatic carbocycles. The smallest absolute Gasteiger partial charge is 0.243 e. The van der Waals surface area contributed by atoms with Crippen LogP contribution >= 0.6 is 0 Å². The van der Waals surface area contributed by atoms with Crippen molar-refractivity contribution in [2.75, 3.05) is 25.8 Å². The van der Waals surface area contributed by atoms with Crippen molar-refractivity contribution < 1.29 is 23.8 Å². The third kappa shape index (κ3) is 4.41. The second kappa shape index (κ2) is 7.57. The lowest BCUT2D eigenvalue weighted by Gasteiger charge is -2.08. The number of hydrogen-bond acceptors (Lipinski definition) is 5. The lowest BCUT2D eigenvalue weighted by molar-refractivity contribution is -0.123. The Morgan fingerprint density at radius 1 is 1.04 bits per heavy atom. The SMILES string of the molecule is COc1ccc(CC(=O)NCC(=O)Nc2ccc3c(c2)OCO3)cc1. The van der Waals surface area contributed by atoms with Crippen LogP contribution in [-0.2, 0) is 16.0 Å². The summed E-state index contributed by atoms with van der Waals surface area (Å²) in [5, 5.41) is 5.29. The molecule has 1 heterocycles. The number of carbonyl (C=O) groups excluding carboxylic acids is 2. The van der Waals surface area contributed by atoms with Crippen LogP contribution in [0, 0.1) is 0 Å². The Labute approximate surface area is 144 Å². The molecule has 2 N–H and O–H groups in total. The van der Waals surface area contributed by atoms with Gasteiger partial charge in [0.25, 0.3) is 0 Å². The number of benzene rings is 2. The molecule has 0 unspecified atom stereocenters. The number of carbonyl (C=O) groups is 2. The van der Waals surface area contributed by atoms with Crippen molar-refractivity contribution in [1.29, 1.82) is 0 Å². The number of nitrogens with one attached hydrogen (secondary N) is 2. The molecule has 2 aromatic rings. The zero-order valence-electron chi connectivity index (χ0n) is 13.7. The maximum absolute atomic E-state index is 11.9. The van der Waals surface area contributed by atoms with E-state index in [4.69, 9.17) is 14.2 Å². The zero-order valence-corrected chi connectivity index (χ0v) is 13.7. The molecule has 7 nitrogen and oxygen atoms in total. The standard InChI is InChI=1S/C18H18N2O5/c1-23-14-5-2-12(3-6-14)8-17(21)19-10-18(22)20-13-4-7-15-16(9-13)25-11-24-15/h2-7,9H,8,10-11H2,1H3,(H,19,21)(H,20,22). The molecule has 0 saturated carbocycles. The van der Waals surface area contributed by atoms with Crippen LogP contribution in [0.25, 0.3) is 0 Å². The minimum Gasteiger partial charge on any atom is -0.497 e. The minimum absolute atomic E-state index is 0.108. The van der Waals surface area contributed by atoms with Crippen LogP contribution in [0.3, 0.4) is 0 Å². The molecule has 7 heteroatoms. The third-order valence-corrected chi connectivity index (χ3v) is 3.63. The van der Waals surface area contributed by atoms with E-state index in [1.54, 1.807) is 37.4 Å². The van der Waals surface area contributed by atoms with Gasteiger partial charge in [-0.2, -0.15) is 0 Å². The van der Waals surface area contributed by atoms with Crippen molar-refractivity contribution in [1.82, 2.24) is 5.32 Å². The molecule has 0 fully saturated rings. The fraction of sp³-hybridized carbons (Fsp3) is 0.222. The van der Waals surface area contributed by atoms with Crippen molar-refractivity contribution in [2.45, 2.75) is 6.42 Å². The van der Waals surface area contributed by atoms with E-state index in [1.807, 2.05) is 12.1 Å². The molecule has 3 rings (SSSR count). The summed E-state index contributed by atoms with van der Waals surface area (Å²) in [6.07, 6.45) is 0.196. The number of amides is 2. The first-order valence-corrected chi connectivity index (χ1v) is 7.73. The molecule has 1 aliphatic rings. The molecule has 0 atom stereocenters. The number of hydrogen-bond donors (Lipinski definition) is 2. The van der Waals surface area contributed by atoms with E-state index < -0.39 is 0 Å². The Bertz CT molecular complexity index is 774. The molecule has 0 spiro atoms. The van der Waals surface area contributed by atoms with Gasteiger partial charge in [-0.25, -0.2) is 0 Å². The van der Waals surface area contributed by atoms with E-state index in [0.29, 0.717) is 17.2 Å². The largest absolute Gasteiger partial charge is 0.497 e. The number of anilines is 1. The summed E-state index contributed by atoms with van der Waals surface area (Å²) in [5.41, 5.74) is 1.42. The van der Waals surface area contributed by atoms with Crippen LogP contribution in [0.15, 0.2) is 42.5 Å². The molecular weight excluding hydrogens is 324 g/mol.